The van der Waals surface area contributed by atoms with Crippen LogP contribution in [0.3, 0.4) is 0 Å². The molecular weight excluding hydrogens is 172 g/mol. The molecule has 1 aromatic heterocycles. The van der Waals surface area contributed by atoms with Crippen molar-refractivity contribution in [2.75, 3.05) is 0 Å². The van der Waals surface area contributed by atoms with E-state index in [1.54, 1.807) is 0 Å². The van der Waals surface area contributed by atoms with Crippen LogP contribution >= 0.6 is 11.6 Å². The van der Waals surface area contributed by atoms with Crippen LogP contribution in [0.25, 0.3) is 0 Å². The maximum atomic E-state index is 5.79. The quantitative estimate of drug-likeness (QED) is 0.647. The average Bonchev–Trinajstić information content (AvgIpc) is 2.74. The Hall–Kier alpha value is -0.500. The fraction of sp³-hybridized carbons (Fsp3) is 0.667. The first-order chi connectivity index (χ1) is 5.92. The van der Waals surface area contributed by atoms with Crippen molar-refractivity contribution < 1.29 is 0 Å². The summed E-state index contributed by atoms with van der Waals surface area (Å²) < 4.78 is 2.10. The van der Waals surface area contributed by atoms with Crippen LogP contribution in [0.1, 0.15) is 37.4 Å². The number of nitrogens with zero attached hydrogens (tertiary/aromatic N) is 2. The van der Waals surface area contributed by atoms with Crippen LogP contribution in [0.2, 0.25) is 0 Å². The molecule has 0 atom stereocenters. The van der Waals surface area contributed by atoms with Crippen molar-refractivity contribution in [3.8, 4) is 0 Å². The van der Waals surface area contributed by atoms with E-state index >= 15 is 0 Å². The molecule has 2 nitrogen and oxygen atoms in total. The number of aromatic nitrogens is 2. The molecule has 1 aliphatic carbocycles. The zero-order valence-electron chi connectivity index (χ0n) is 7.04. The molecule has 0 saturated heterocycles. The Morgan fingerprint density at radius 1 is 1.50 bits per heavy atom. The van der Waals surface area contributed by atoms with Crippen molar-refractivity contribution in [2.45, 2.75) is 37.6 Å². The van der Waals surface area contributed by atoms with Crippen LogP contribution in [-0.2, 0) is 5.88 Å². The van der Waals surface area contributed by atoms with Gasteiger partial charge in [-0.3, -0.25) is 4.68 Å². The van der Waals surface area contributed by atoms with Crippen LogP contribution in [0, 0.1) is 0 Å². The Kier molecular flexibility index (Phi) is 2.35. The molecule has 12 heavy (non-hydrogen) atoms. The third-order valence-corrected chi connectivity index (χ3v) is 2.83. The van der Waals surface area contributed by atoms with Crippen LogP contribution in [0.15, 0.2) is 12.3 Å². The molecule has 0 unspecified atom stereocenters. The molecule has 0 bridgehead atoms. The monoisotopic (exact) mass is 184 g/mol. The molecule has 3 heteroatoms. The lowest BCUT2D eigenvalue weighted by molar-refractivity contribution is 0.455. The summed E-state index contributed by atoms with van der Waals surface area (Å²) in [4.78, 5) is 0. The Labute approximate surface area is 77.5 Å². The van der Waals surface area contributed by atoms with Crippen molar-refractivity contribution >= 4 is 11.6 Å². The molecule has 1 fully saturated rings. The van der Waals surface area contributed by atoms with Gasteiger partial charge in [-0.1, -0.05) is 12.8 Å². The van der Waals surface area contributed by atoms with Crippen molar-refractivity contribution in [3.63, 3.8) is 0 Å². The molecule has 1 saturated carbocycles. The Balaban J connectivity index is 2.19. The highest BCUT2D eigenvalue weighted by Gasteiger charge is 2.18. The molecule has 0 spiro atoms. The standard InChI is InChI=1S/C9H13ClN2/c10-7-9-5-6-11-12(9)8-3-1-2-4-8/h5-6,8H,1-4,7H2. The van der Waals surface area contributed by atoms with Crippen LogP contribution in [-0.4, -0.2) is 9.78 Å². The maximum Gasteiger partial charge on any atom is 0.0644 e. The van der Waals surface area contributed by atoms with Crippen LogP contribution in [0.4, 0.5) is 0 Å². The molecular formula is C9H13ClN2. The topological polar surface area (TPSA) is 17.8 Å². The Bertz CT molecular complexity index is 251. The zero-order valence-corrected chi connectivity index (χ0v) is 7.80. The van der Waals surface area contributed by atoms with Crippen molar-refractivity contribution in [2.24, 2.45) is 0 Å². The molecule has 2 rings (SSSR count). The predicted octanol–water partition coefficient (Wildman–Crippen LogP) is 2.74. The average molecular weight is 185 g/mol. The van der Waals surface area contributed by atoms with Crippen molar-refractivity contribution in [1.82, 2.24) is 9.78 Å². The number of hydrogen-bond donors (Lipinski definition) is 0. The van der Waals surface area contributed by atoms with E-state index in [1.165, 1.54) is 25.7 Å². The summed E-state index contributed by atoms with van der Waals surface area (Å²) in [5, 5.41) is 4.30. The van der Waals surface area contributed by atoms with Gasteiger partial charge in [-0.05, 0) is 18.9 Å². The molecule has 66 valence electrons. The predicted molar refractivity (Wildman–Crippen MR) is 49.3 cm³/mol. The van der Waals surface area contributed by atoms with E-state index in [4.69, 9.17) is 11.6 Å². The normalized spacial score (nSPS) is 18.8. The van der Waals surface area contributed by atoms with E-state index in [0.29, 0.717) is 11.9 Å². The summed E-state index contributed by atoms with van der Waals surface area (Å²) in [6.45, 7) is 0. The molecule has 1 heterocycles. The first kappa shape index (κ1) is 8.11. The summed E-state index contributed by atoms with van der Waals surface area (Å²) in [7, 11) is 0. The number of halogens is 1. The van der Waals surface area contributed by atoms with Gasteiger partial charge in [0.1, 0.15) is 0 Å². The smallest absolute Gasteiger partial charge is 0.0644 e. The fourth-order valence-electron chi connectivity index (χ4n) is 1.93. The highest BCUT2D eigenvalue weighted by molar-refractivity contribution is 6.16. The van der Waals surface area contributed by atoms with Gasteiger partial charge in [-0.2, -0.15) is 5.10 Å². The fourth-order valence-corrected chi connectivity index (χ4v) is 2.14. The van der Waals surface area contributed by atoms with Gasteiger partial charge in [0.05, 0.1) is 17.6 Å². The summed E-state index contributed by atoms with van der Waals surface area (Å²) in [5.74, 6) is 0.580. The van der Waals surface area contributed by atoms with Crippen LogP contribution in [0.5, 0.6) is 0 Å². The minimum atomic E-state index is 0.580. The molecule has 1 aliphatic rings. The zero-order chi connectivity index (χ0) is 8.39. The molecule has 0 N–H and O–H groups in total. The van der Waals surface area contributed by atoms with Gasteiger partial charge in [0, 0.05) is 6.20 Å². The van der Waals surface area contributed by atoms with Gasteiger partial charge >= 0.3 is 0 Å². The number of alkyl halides is 1. The summed E-state index contributed by atoms with van der Waals surface area (Å²) >= 11 is 5.79. The highest BCUT2D eigenvalue weighted by Crippen LogP contribution is 2.29. The molecule has 0 aromatic carbocycles. The van der Waals surface area contributed by atoms with E-state index in [2.05, 4.69) is 9.78 Å². The van der Waals surface area contributed by atoms with Crippen LogP contribution < -0.4 is 0 Å². The van der Waals surface area contributed by atoms with E-state index in [9.17, 15) is 0 Å². The van der Waals surface area contributed by atoms with Crippen molar-refractivity contribution in [3.05, 3.63) is 18.0 Å². The second-order valence-corrected chi connectivity index (χ2v) is 3.61. The number of rotatable bonds is 2. The van der Waals surface area contributed by atoms with E-state index < -0.39 is 0 Å². The van der Waals surface area contributed by atoms with Gasteiger partial charge in [-0.15, -0.1) is 11.6 Å². The van der Waals surface area contributed by atoms with Gasteiger partial charge < -0.3 is 0 Å². The molecule has 1 aromatic rings. The minimum absolute atomic E-state index is 0.580. The molecule has 0 radical (unpaired) electrons. The Morgan fingerprint density at radius 2 is 2.25 bits per heavy atom. The van der Waals surface area contributed by atoms with Gasteiger partial charge in [-0.25, -0.2) is 0 Å². The first-order valence-corrected chi connectivity index (χ1v) is 5.03. The van der Waals surface area contributed by atoms with E-state index in [-0.39, 0.29) is 0 Å². The van der Waals surface area contributed by atoms with Gasteiger partial charge in [0.2, 0.25) is 0 Å². The lowest BCUT2D eigenvalue weighted by atomic mass is 10.2. The van der Waals surface area contributed by atoms with Gasteiger partial charge in [0.15, 0.2) is 0 Å². The largest absolute Gasteiger partial charge is 0.265 e. The van der Waals surface area contributed by atoms with Gasteiger partial charge in [0.25, 0.3) is 0 Å². The minimum Gasteiger partial charge on any atom is -0.265 e. The first-order valence-electron chi connectivity index (χ1n) is 4.50. The highest BCUT2D eigenvalue weighted by atomic mass is 35.5. The summed E-state index contributed by atoms with van der Waals surface area (Å²) in [6, 6.07) is 2.62. The third-order valence-electron chi connectivity index (χ3n) is 2.56. The SMILES string of the molecule is ClCc1ccnn1C1CCCC1. The summed E-state index contributed by atoms with van der Waals surface area (Å²) in [5.41, 5.74) is 1.16. The van der Waals surface area contributed by atoms with E-state index in [1.807, 2.05) is 12.3 Å². The second-order valence-electron chi connectivity index (χ2n) is 3.34. The lowest BCUT2D eigenvalue weighted by Crippen LogP contribution is -2.09. The summed E-state index contributed by atoms with van der Waals surface area (Å²) in [6.07, 6.45) is 7.06. The third kappa shape index (κ3) is 1.36. The molecule has 0 amide bonds. The second kappa shape index (κ2) is 3.48. The van der Waals surface area contributed by atoms with Crippen molar-refractivity contribution in [1.29, 1.82) is 0 Å². The van der Waals surface area contributed by atoms with E-state index in [0.717, 1.165) is 5.69 Å². The lowest BCUT2D eigenvalue weighted by Gasteiger charge is -2.12. The Morgan fingerprint density at radius 3 is 2.92 bits per heavy atom. The number of hydrogen-bond acceptors (Lipinski definition) is 1. The molecule has 0 aliphatic heterocycles. The maximum absolute atomic E-state index is 5.79.